The van der Waals surface area contributed by atoms with Crippen molar-refractivity contribution in [3.05, 3.63) is 71.6 Å². The Bertz CT molecular complexity index is 999. The minimum absolute atomic E-state index is 0.00760. The van der Waals surface area contributed by atoms with E-state index in [1.807, 2.05) is 6.20 Å². The van der Waals surface area contributed by atoms with E-state index in [2.05, 4.69) is 90.1 Å². The van der Waals surface area contributed by atoms with Gasteiger partial charge in [0.25, 0.3) is 0 Å². The lowest BCUT2D eigenvalue weighted by molar-refractivity contribution is 0.199. The summed E-state index contributed by atoms with van der Waals surface area (Å²) >= 11 is 0. The second-order valence-electron chi connectivity index (χ2n) is 9.38. The van der Waals surface area contributed by atoms with Gasteiger partial charge in [0, 0.05) is 17.0 Å². The first kappa shape index (κ1) is 19.2. The highest BCUT2D eigenvalue weighted by molar-refractivity contribution is 6.00. The van der Waals surface area contributed by atoms with Gasteiger partial charge in [0.2, 0.25) is 0 Å². The van der Waals surface area contributed by atoms with Crippen molar-refractivity contribution in [2.45, 2.75) is 59.8 Å². The Morgan fingerprint density at radius 1 is 1.29 bits per heavy atom. The third-order valence-electron chi connectivity index (χ3n) is 7.64. The standard InChI is InChI=1S/C27H33N/c1-7-16-27(6,18(3)8-2)22-14-10-13-21-24(22)25-23-19(15-17-28-25)11-9-12-20(23)26(21,4)5/h7,9-13,15-18,22H,8,14H2,1-6H3. The lowest BCUT2D eigenvalue weighted by Gasteiger charge is -2.47. The zero-order chi connectivity index (χ0) is 20.1. The smallest absolute Gasteiger partial charge is 0.0749 e. The number of pyridine rings is 1. The summed E-state index contributed by atoms with van der Waals surface area (Å²) in [6, 6.07) is 8.90. The number of benzene rings is 1. The molecule has 2 aliphatic carbocycles. The van der Waals surface area contributed by atoms with Crippen LogP contribution in [0.2, 0.25) is 0 Å². The van der Waals surface area contributed by atoms with Crippen molar-refractivity contribution in [1.29, 1.82) is 0 Å². The van der Waals surface area contributed by atoms with Crippen LogP contribution >= 0.6 is 0 Å². The van der Waals surface area contributed by atoms with Crippen LogP contribution in [0.5, 0.6) is 0 Å². The highest BCUT2D eigenvalue weighted by Gasteiger charge is 2.45. The molecule has 0 radical (unpaired) electrons. The molecule has 2 aromatic rings. The molecule has 0 amide bonds. The van der Waals surface area contributed by atoms with E-state index in [-0.39, 0.29) is 10.8 Å². The van der Waals surface area contributed by atoms with Gasteiger partial charge in [0.1, 0.15) is 0 Å². The van der Waals surface area contributed by atoms with Crippen LogP contribution in [0.15, 0.2) is 60.3 Å². The number of fused-ring (bicyclic) bond motifs is 1. The van der Waals surface area contributed by atoms with Gasteiger partial charge in [-0.05, 0) is 58.8 Å². The molecular weight excluding hydrogens is 338 g/mol. The van der Waals surface area contributed by atoms with Gasteiger partial charge < -0.3 is 0 Å². The molecule has 1 aromatic heterocycles. The highest BCUT2D eigenvalue weighted by Crippen LogP contribution is 2.56. The van der Waals surface area contributed by atoms with Crippen LogP contribution in [0.1, 0.15) is 65.6 Å². The predicted molar refractivity (Wildman–Crippen MR) is 121 cm³/mol. The molecule has 0 saturated heterocycles. The third kappa shape index (κ3) is 2.55. The van der Waals surface area contributed by atoms with Gasteiger partial charge in [-0.1, -0.05) is 83.5 Å². The first-order valence-electron chi connectivity index (χ1n) is 10.8. The zero-order valence-electron chi connectivity index (χ0n) is 18.2. The largest absolute Gasteiger partial charge is 0.256 e. The Labute approximate surface area is 170 Å². The highest BCUT2D eigenvalue weighted by atomic mass is 14.7. The quantitative estimate of drug-likeness (QED) is 0.507. The van der Waals surface area contributed by atoms with E-state index in [4.69, 9.17) is 4.98 Å². The SMILES string of the molecule is CC=CC(C)(C(C)CC)C1CC=CC2=C1c1nccc3cccc(c13)C2(C)C. The molecule has 1 heteroatoms. The first-order chi connectivity index (χ1) is 13.4. The molecule has 0 N–H and O–H groups in total. The molecule has 1 heterocycles. The molecule has 1 aromatic carbocycles. The minimum Gasteiger partial charge on any atom is -0.256 e. The van der Waals surface area contributed by atoms with E-state index < -0.39 is 0 Å². The normalized spacial score (nSPS) is 23.7. The summed E-state index contributed by atoms with van der Waals surface area (Å²) in [5, 5.41) is 2.67. The van der Waals surface area contributed by atoms with Gasteiger partial charge in [-0.25, -0.2) is 0 Å². The predicted octanol–water partition coefficient (Wildman–Crippen LogP) is 7.48. The summed E-state index contributed by atoms with van der Waals surface area (Å²) in [6.07, 6.45) is 13.8. The van der Waals surface area contributed by atoms with Gasteiger partial charge in [0.05, 0.1) is 5.69 Å². The van der Waals surface area contributed by atoms with Crippen LogP contribution in [-0.4, -0.2) is 4.98 Å². The number of allylic oxidation sites excluding steroid dienone is 6. The van der Waals surface area contributed by atoms with E-state index in [0.29, 0.717) is 11.8 Å². The molecule has 0 saturated carbocycles. The van der Waals surface area contributed by atoms with Crippen LogP contribution in [0.25, 0.3) is 16.3 Å². The van der Waals surface area contributed by atoms with E-state index in [0.717, 1.165) is 6.42 Å². The monoisotopic (exact) mass is 371 g/mol. The molecular formula is C27H33N. The summed E-state index contributed by atoms with van der Waals surface area (Å²) in [4.78, 5) is 4.98. The lowest BCUT2D eigenvalue weighted by atomic mass is 9.57. The van der Waals surface area contributed by atoms with E-state index in [1.165, 1.54) is 39.6 Å². The number of hydrogen-bond acceptors (Lipinski definition) is 1. The van der Waals surface area contributed by atoms with Crippen LogP contribution in [-0.2, 0) is 5.41 Å². The van der Waals surface area contributed by atoms with Crippen LogP contribution < -0.4 is 0 Å². The fourth-order valence-electron chi connectivity index (χ4n) is 5.64. The first-order valence-corrected chi connectivity index (χ1v) is 10.8. The number of rotatable bonds is 4. The Balaban J connectivity index is 2.05. The van der Waals surface area contributed by atoms with Crippen molar-refractivity contribution in [2.24, 2.45) is 17.3 Å². The van der Waals surface area contributed by atoms with Gasteiger partial charge in [0.15, 0.2) is 0 Å². The lowest BCUT2D eigenvalue weighted by Crippen LogP contribution is -2.37. The minimum atomic E-state index is -0.00760. The Morgan fingerprint density at radius 3 is 2.79 bits per heavy atom. The van der Waals surface area contributed by atoms with E-state index in [1.54, 1.807) is 0 Å². The molecule has 3 unspecified atom stereocenters. The van der Waals surface area contributed by atoms with Crippen LogP contribution in [0, 0.1) is 17.3 Å². The summed E-state index contributed by atoms with van der Waals surface area (Å²) in [5.74, 6) is 1.05. The van der Waals surface area contributed by atoms with Crippen molar-refractivity contribution in [3.63, 3.8) is 0 Å². The summed E-state index contributed by atoms with van der Waals surface area (Å²) in [6.45, 7) is 14.1. The van der Waals surface area contributed by atoms with Crippen molar-refractivity contribution >= 4 is 16.3 Å². The topological polar surface area (TPSA) is 12.9 Å². The van der Waals surface area contributed by atoms with E-state index in [9.17, 15) is 0 Å². The molecule has 0 aliphatic heterocycles. The molecule has 2 aliphatic rings. The molecule has 28 heavy (non-hydrogen) atoms. The average molecular weight is 372 g/mol. The Hall–Kier alpha value is -2.15. The second kappa shape index (κ2) is 6.72. The maximum absolute atomic E-state index is 4.98. The molecule has 146 valence electrons. The Morgan fingerprint density at radius 2 is 2.07 bits per heavy atom. The van der Waals surface area contributed by atoms with Crippen LogP contribution in [0.4, 0.5) is 0 Å². The van der Waals surface area contributed by atoms with Gasteiger partial charge >= 0.3 is 0 Å². The van der Waals surface area contributed by atoms with Crippen molar-refractivity contribution < 1.29 is 0 Å². The molecule has 1 nitrogen and oxygen atoms in total. The Kier molecular flexibility index (Phi) is 4.61. The fraction of sp³-hybridized carbons (Fsp3) is 0.444. The number of aromatic nitrogens is 1. The fourth-order valence-corrected chi connectivity index (χ4v) is 5.64. The van der Waals surface area contributed by atoms with Crippen LogP contribution in [0.3, 0.4) is 0 Å². The van der Waals surface area contributed by atoms with E-state index >= 15 is 0 Å². The van der Waals surface area contributed by atoms with Crippen molar-refractivity contribution in [1.82, 2.24) is 4.98 Å². The van der Waals surface area contributed by atoms with Crippen molar-refractivity contribution in [2.75, 3.05) is 0 Å². The second-order valence-corrected chi connectivity index (χ2v) is 9.38. The maximum Gasteiger partial charge on any atom is 0.0749 e. The van der Waals surface area contributed by atoms with Gasteiger partial charge in [-0.3, -0.25) is 4.98 Å². The summed E-state index contributed by atoms with van der Waals surface area (Å²) in [7, 11) is 0. The van der Waals surface area contributed by atoms with Gasteiger partial charge in [-0.2, -0.15) is 0 Å². The summed E-state index contributed by atoms with van der Waals surface area (Å²) in [5.41, 5.74) is 5.68. The number of nitrogens with zero attached hydrogens (tertiary/aromatic N) is 1. The van der Waals surface area contributed by atoms with Crippen molar-refractivity contribution in [3.8, 4) is 0 Å². The third-order valence-corrected chi connectivity index (χ3v) is 7.64. The maximum atomic E-state index is 4.98. The molecule has 3 atom stereocenters. The molecule has 0 spiro atoms. The molecule has 0 bridgehead atoms. The zero-order valence-corrected chi connectivity index (χ0v) is 18.2. The molecule has 0 fully saturated rings. The van der Waals surface area contributed by atoms with Gasteiger partial charge in [-0.15, -0.1) is 0 Å². The number of hydrogen-bond donors (Lipinski definition) is 0. The average Bonchev–Trinajstić information content (AvgIpc) is 2.71. The summed E-state index contributed by atoms with van der Waals surface area (Å²) < 4.78 is 0. The molecule has 4 rings (SSSR count).